The molecule has 0 amide bonds. The van der Waals surface area contributed by atoms with E-state index in [4.69, 9.17) is 4.74 Å². The minimum Gasteiger partial charge on any atom is -0.463 e. The third kappa shape index (κ3) is 2.67. The summed E-state index contributed by atoms with van der Waals surface area (Å²) < 4.78 is 5.57. The van der Waals surface area contributed by atoms with Gasteiger partial charge in [0.1, 0.15) is 11.9 Å². The van der Waals surface area contributed by atoms with Gasteiger partial charge in [0.2, 0.25) is 0 Å². The van der Waals surface area contributed by atoms with Crippen molar-refractivity contribution < 1.29 is 14.3 Å². The van der Waals surface area contributed by atoms with E-state index in [9.17, 15) is 9.59 Å². The Morgan fingerprint density at radius 1 is 0.846 bits per heavy atom. The minimum absolute atomic E-state index is 0.123. The Morgan fingerprint density at radius 2 is 1.54 bits per heavy atom. The molecular weight excluding hydrogens is 324 g/mol. The fourth-order valence-corrected chi connectivity index (χ4v) is 8.23. The van der Waals surface area contributed by atoms with Crippen molar-refractivity contribution in [2.24, 2.45) is 40.4 Å². The third-order valence-electron chi connectivity index (χ3n) is 9.44. The molecule has 0 unspecified atom stereocenters. The van der Waals surface area contributed by atoms with Crippen molar-refractivity contribution in [2.75, 3.05) is 0 Å². The van der Waals surface area contributed by atoms with Gasteiger partial charge in [-0.05, 0) is 99.2 Å². The zero-order valence-corrected chi connectivity index (χ0v) is 17.1. The quantitative estimate of drug-likeness (QED) is 0.638. The molecule has 0 aliphatic heterocycles. The summed E-state index contributed by atoms with van der Waals surface area (Å²) in [4.78, 5) is 23.6. The normalized spacial score (nSPS) is 50.3. The van der Waals surface area contributed by atoms with Gasteiger partial charge in [-0.15, -0.1) is 0 Å². The van der Waals surface area contributed by atoms with Gasteiger partial charge in [0, 0.05) is 12.8 Å². The molecule has 3 heteroatoms. The average molecular weight is 361 g/mol. The molecule has 3 nitrogen and oxygen atoms in total. The molecule has 4 saturated carbocycles. The molecule has 0 N–H and O–H groups in total. The van der Waals surface area contributed by atoms with Crippen molar-refractivity contribution in [2.45, 2.75) is 91.6 Å². The molecule has 0 aromatic heterocycles. The highest BCUT2D eigenvalue weighted by molar-refractivity contribution is 5.79. The van der Waals surface area contributed by atoms with Crippen LogP contribution in [0.3, 0.4) is 0 Å². The summed E-state index contributed by atoms with van der Waals surface area (Å²) in [5.74, 6) is 3.68. The van der Waals surface area contributed by atoms with Crippen LogP contribution in [0.5, 0.6) is 0 Å². The standard InChI is InChI=1S/C23H36O3/c1-14(24)19-7-8-20-18-6-5-16-13-17(26-15(2)25)9-11-22(16,3)21(18)10-12-23(19,20)4/h16-21H,5-13H2,1-4H3/t16-,17+,18-,19-,20-,21+,22-,23+/m0/s1. The van der Waals surface area contributed by atoms with Crippen LogP contribution in [0, 0.1) is 40.4 Å². The van der Waals surface area contributed by atoms with Crippen molar-refractivity contribution in [3.8, 4) is 0 Å². The van der Waals surface area contributed by atoms with Crippen LogP contribution in [-0.4, -0.2) is 17.9 Å². The van der Waals surface area contributed by atoms with E-state index in [1.807, 2.05) is 6.92 Å². The van der Waals surface area contributed by atoms with Gasteiger partial charge in [0.25, 0.3) is 0 Å². The molecule has 4 rings (SSSR count). The van der Waals surface area contributed by atoms with Gasteiger partial charge in [-0.1, -0.05) is 13.8 Å². The minimum atomic E-state index is -0.123. The second-order valence-corrected chi connectivity index (χ2v) is 10.4. The van der Waals surface area contributed by atoms with Crippen LogP contribution in [-0.2, 0) is 14.3 Å². The van der Waals surface area contributed by atoms with Crippen LogP contribution >= 0.6 is 0 Å². The Hall–Kier alpha value is -0.860. The summed E-state index contributed by atoms with van der Waals surface area (Å²) in [7, 11) is 0. The maximum Gasteiger partial charge on any atom is 0.302 e. The summed E-state index contributed by atoms with van der Waals surface area (Å²) in [5.41, 5.74) is 0.667. The molecule has 4 aliphatic rings. The zero-order valence-electron chi connectivity index (χ0n) is 17.1. The van der Waals surface area contributed by atoms with Gasteiger partial charge in [0.15, 0.2) is 0 Å². The number of Topliss-reactive ketones (excluding diaryl/α,β-unsaturated/α-hetero) is 1. The summed E-state index contributed by atoms with van der Waals surface area (Å²) in [6.07, 6.45) is 11.0. The largest absolute Gasteiger partial charge is 0.463 e. The van der Waals surface area contributed by atoms with Crippen molar-refractivity contribution in [1.82, 2.24) is 0 Å². The first-order valence-corrected chi connectivity index (χ1v) is 10.9. The first kappa shape index (κ1) is 18.5. The van der Waals surface area contributed by atoms with Crippen LogP contribution in [0.15, 0.2) is 0 Å². The summed E-state index contributed by atoms with van der Waals surface area (Å²) in [6.45, 7) is 8.33. The van der Waals surface area contributed by atoms with Gasteiger partial charge in [-0.3, -0.25) is 9.59 Å². The van der Waals surface area contributed by atoms with Crippen LogP contribution in [0.1, 0.15) is 85.5 Å². The predicted octanol–water partition coefficient (Wildman–Crippen LogP) is 5.17. The van der Waals surface area contributed by atoms with Gasteiger partial charge in [0.05, 0.1) is 0 Å². The Labute approximate surface area is 158 Å². The maximum atomic E-state index is 12.2. The number of esters is 1. The van der Waals surface area contributed by atoms with E-state index < -0.39 is 0 Å². The Kier molecular flexibility index (Phi) is 4.51. The molecule has 0 aromatic carbocycles. The molecular formula is C23H36O3. The first-order valence-electron chi connectivity index (χ1n) is 10.9. The lowest BCUT2D eigenvalue weighted by molar-refractivity contribution is -0.161. The number of ketones is 1. The molecule has 0 saturated heterocycles. The smallest absolute Gasteiger partial charge is 0.302 e. The summed E-state index contributed by atoms with van der Waals surface area (Å²) in [5, 5.41) is 0. The van der Waals surface area contributed by atoms with Crippen molar-refractivity contribution in [3.63, 3.8) is 0 Å². The van der Waals surface area contributed by atoms with Crippen molar-refractivity contribution in [1.29, 1.82) is 0 Å². The van der Waals surface area contributed by atoms with Crippen LogP contribution in [0.4, 0.5) is 0 Å². The highest BCUT2D eigenvalue weighted by Crippen LogP contribution is 2.67. The number of hydrogen-bond donors (Lipinski definition) is 0. The van der Waals surface area contributed by atoms with Gasteiger partial charge >= 0.3 is 5.97 Å². The van der Waals surface area contributed by atoms with E-state index in [1.165, 1.54) is 45.4 Å². The lowest BCUT2D eigenvalue weighted by Crippen LogP contribution is -2.54. The second kappa shape index (κ2) is 6.34. The van der Waals surface area contributed by atoms with Crippen molar-refractivity contribution in [3.05, 3.63) is 0 Å². The van der Waals surface area contributed by atoms with Crippen LogP contribution < -0.4 is 0 Å². The molecule has 146 valence electrons. The molecule has 26 heavy (non-hydrogen) atoms. The van der Waals surface area contributed by atoms with Gasteiger partial charge in [-0.25, -0.2) is 0 Å². The molecule has 0 heterocycles. The van der Waals surface area contributed by atoms with E-state index in [1.54, 1.807) is 0 Å². The molecule has 8 atom stereocenters. The number of carbonyl (C=O) groups is 2. The second-order valence-electron chi connectivity index (χ2n) is 10.4. The zero-order chi connectivity index (χ0) is 18.7. The molecule has 0 spiro atoms. The third-order valence-corrected chi connectivity index (χ3v) is 9.44. The van der Waals surface area contributed by atoms with E-state index >= 15 is 0 Å². The van der Waals surface area contributed by atoms with E-state index in [-0.39, 0.29) is 17.5 Å². The first-order chi connectivity index (χ1) is 12.3. The number of ether oxygens (including phenoxy) is 1. The van der Waals surface area contributed by atoms with E-state index in [0.29, 0.717) is 23.0 Å². The lowest BCUT2D eigenvalue weighted by Gasteiger charge is -2.61. The topological polar surface area (TPSA) is 43.4 Å². The summed E-state index contributed by atoms with van der Waals surface area (Å²) >= 11 is 0. The Morgan fingerprint density at radius 3 is 2.23 bits per heavy atom. The molecule has 0 bridgehead atoms. The SMILES string of the molecule is CC(=O)O[C@@H]1CC[C@@]2(C)[C@@H](CC[C@@H]3[C@H]2CC[C@]2(C)[C@H](C(C)=O)CC[C@@H]32)C1. The average Bonchev–Trinajstić information content (AvgIpc) is 2.92. The Bertz CT molecular complexity index is 598. The number of carbonyl (C=O) groups excluding carboxylic acids is 2. The van der Waals surface area contributed by atoms with Crippen molar-refractivity contribution >= 4 is 11.8 Å². The molecule has 4 fully saturated rings. The van der Waals surface area contributed by atoms with E-state index in [0.717, 1.165) is 37.0 Å². The van der Waals surface area contributed by atoms with Gasteiger partial charge in [-0.2, -0.15) is 0 Å². The highest BCUT2D eigenvalue weighted by Gasteiger charge is 2.60. The Balaban J connectivity index is 1.54. The molecule has 0 aromatic rings. The fourth-order valence-electron chi connectivity index (χ4n) is 8.23. The predicted molar refractivity (Wildman–Crippen MR) is 101 cm³/mol. The monoisotopic (exact) mass is 360 g/mol. The summed E-state index contributed by atoms with van der Waals surface area (Å²) in [6, 6.07) is 0. The lowest BCUT2D eigenvalue weighted by atomic mass is 9.44. The molecule has 0 radical (unpaired) electrons. The number of rotatable bonds is 2. The van der Waals surface area contributed by atoms with Crippen LogP contribution in [0.25, 0.3) is 0 Å². The van der Waals surface area contributed by atoms with E-state index in [2.05, 4.69) is 13.8 Å². The maximum absolute atomic E-state index is 12.2. The van der Waals surface area contributed by atoms with Gasteiger partial charge < -0.3 is 4.74 Å². The highest BCUT2D eigenvalue weighted by atomic mass is 16.5. The number of fused-ring (bicyclic) bond motifs is 5. The fraction of sp³-hybridized carbons (Fsp3) is 0.913. The van der Waals surface area contributed by atoms with Crippen LogP contribution in [0.2, 0.25) is 0 Å². The number of hydrogen-bond acceptors (Lipinski definition) is 3. The molecule has 4 aliphatic carbocycles.